The van der Waals surface area contributed by atoms with Crippen molar-refractivity contribution in [1.29, 1.82) is 0 Å². The summed E-state index contributed by atoms with van der Waals surface area (Å²) in [5, 5.41) is 10.9. The van der Waals surface area contributed by atoms with Gasteiger partial charge in [0.1, 0.15) is 12.4 Å². The van der Waals surface area contributed by atoms with Crippen LogP contribution in [-0.2, 0) is 11.4 Å². The van der Waals surface area contributed by atoms with Crippen LogP contribution in [0.3, 0.4) is 0 Å². The van der Waals surface area contributed by atoms with Crippen LogP contribution in [0.15, 0.2) is 36.4 Å². The minimum absolute atomic E-state index is 0.238. The van der Waals surface area contributed by atoms with Crippen LogP contribution in [0.5, 0.6) is 5.75 Å². The van der Waals surface area contributed by atoms with Gasteiger partial charge in [-0.1, -0.05) is 42.8 Å². The third kappa shape index (κ3) is 3.90. The van der Waals surface area contributed by atoms with E-state index in [4.69, 9.17) is 4.74 Å². The summed E-state index contributed by atoms with van der Waals surface area (Å²) in [7, 11) is 0. The highest BCUT2D eigenvalue weighted by Gasteiger charge is 2.18. The van der Waals surface area contributed by atoms with Gasteiger partial charge in [0.25, 0.3) is 0 Å². The lowest BCUT2D eigenvalue weighted by atomic mass is 10.1. The van der Waals surface area contributed by atoms with Gasteiger partial charge in [0, 0.05) is 12.0 Å². The first kappa shape index (κ1) is 17.0. The summed E-state index contributed by atoms with van der Waals surface area (Å²) in [6, 6.07) is 11.6. The van der Waals surface area contributed by atoms with Gasteiger partial charge in [-0.25, -0.2) is 0 Å². The Labute approximate surface area is 137 Å². The van der Waals surface area contributed by atoms with Crippen LogP contribution in [0.25, 0.3) is 0 Å². The molecule has 0 unspecified atom stereocenters. The zero-order valence-electron chi connectivity index (χ0n) is 14.1. The third-order valence-corrected chi connectivity index (χ3v) is 3.79. The summed E-state index contributed by atoms with van der Waals surface area (Å²) in [5.74, 6) is 0.460. The molecule has 0 saturated carbocycles. The van der Waals surface area contributed by atoms with Crippen molar-refractivity contribution in [2.75, 3.05) is 5.06 Å². The zero-order valence-corrected chi connectivity index (χ0v) is 14.1. The van der Waals surface area contributed by atoms with Gasteiger partial charge in [-0.15, -0.1) is 0 Å². The second kappa shape index (κ2) is 7.29. The Morgan fingerprint density at radius 2 is 1.87 bits per heavy atom. The molecule has 1 amide bonds. The minimum Gasteiger partial charge on any atom is -0.489 e. The van der Waals surface area contributed by atoms with Crippen molar-refractivity contribution >= 4 is 11.6 Å². The van der Waals surface area contributed by atoms with Gasteiger partial charge in [0.05, 0.1) is 5.69 Å². The van der Waals surface area contributed by atoms with E-state index in [2.05, 4.69) is 6.07 Å². The highest BCUT2D eigenvalue weighted by molar-refractivity contribution is 5.92. The molecule has 0 heterocycles. The smallest absolute Gasteiger partial charge is 0.250 e. The molecule has 1 N–H and O–H groups in total. The molecule has 0 fully saturated rings. The first-order valence-corrected chi connectivity index (χ1v) is 7.74. The summed E-state index contributed by atoms with van der Waals surface area (Å²) in [6.07, 6.45) is 0.238. The van der Waals surface area contributed by atoms with Crippen molar-refractivity contribution in [3.05, 3.63) is 58.7 Å². The second-order valence-electron chi connectivity index (χ2n) is 5.70. The molecule has 2 rings (SSSR count). The number of benzene rings is 2. The Balaban J connectivity index is 2.26. The lowest BCUT2D eigenvalue weighted by Crippen LogP contribution is -2.28. The van der Waals surface area contributed by atoms with Crippen molar-refractivity contribution in [2.24, 2.45) is 0 Å². The Morgan fingerprint density at radius 1 is 1.13 bits per heavy atom. The maximum absolute atomic E-state index is 11.8. The number of nitrogens with zero attached hydrogens (tertiary/aromatic N) is 1. The van der Waals surface area contributed by atoms with Gasteiger partial charge < -0.3 is 4.74 Å². The largest absolute Gasteiger partial charge is 0.489 e. The van der Waals surface area contributed by atoms with Crippen LogP contribution >= 0.6 is 0 Å². The Morgan fingerprint density at radius 3 is 2.52 bits per heavy atom. The molecular formula is C19H23NO3. The quantitative estimate of drug-likeness (QED) is 0.660. The fourth-order valence-corrected chi connectivity index (χ4v) is 2.53. The number of carbonyl (C=O) groups is 1. The normalized spacial score (nSPS) is 10.5. The molecule has 2 aromatic rings. The fraction of sp³-hybridized carbons (Fsp3) is 0.316. The van der Waals surface area contributed by atoms with E-state index in [1.54, 1.807) is 6.92 Å². The molecule has 0 radical (unpaired) electrons. The van der Waals surface area contributed by atoms with Crippen molar-refractivity contribution in [3.8, 4) is 5.75 Å². The summed E-state index contributed by atoms with van der Waals surface area (Å²) < 4.78 is 5.89. The van der Waals surface area contributed by atoms with Crippen LogP contribution in [0.2, 0.25) is 0 Å². The third-order valence-electron chi connectivity index (χ3n) is 3.79. The van der Waals surface area contributed by atoms with E-state index < -0.39 is 0 Å². The minimum atomic E-state index is -0.341. The van der Waals surface area contributed by atoms with Gasteiger partial charge in [0.2, 0.25) is 5.91 Å². The molecular weight excluding hydrogens is 290 g/mol. The van der Waals surface area contributed by atoms with Gasteiger partial charge in [0.15, 0.2) is 0 Å². The maximum atomic E-state index is 11.8. The molecule has 0 aromatic heterocycles. The van der Waals surface area contributed by atoms with E-state index >= 15 is 0 Å². The molecule has 0 aliphatic rings. The number of hydrogen-bond acceptors (Lipinski definition) is 3. The zero-order chi connectivity index (χ0) is 17.0. The Hall–Kier alpha value is -2.33. The lowest BCUT2D eigenvalue weighted by molar-refractivity contribution is -0.123. The van der Waals surface area contributed by atoms with E-state index in [-0.39, 0.29) is 18.9 Å². The van der Waals surface area contributed by atoms with Gasteiger partial charge in [-0.2, -0.15) is 5.06 Å². The predicted octanol–water partition coefficient (Wildman–Crippen LogP) is 4.32. The summed E-state index contributed by atoms with van der Waals surface area (Å²) in [4.78, 5) is 11.8. The fourth-order valence-electron chi connectivity index (χ4n) is 2.53. The molecule has 23 heavy (non-hydrogen) atoms. The first-order valence-electron chi connectivity index (χ1n) is 7.74. The monoisotopic (exact) mass is 313 g/mol. The summed E-state index contributed by atoms with van der Waals surface area (Å²) in [5.41, 5.74) is 4.35. The molecule has 0 bridgehead atoms. The summed E-state index contributed by atoms with van der Waals surface area (Å²) in [6.45, 7) is 7.90. The molecule has 0 aliphatic heterocycles. The molecule has 4 nitrogen and oxygen atoms in total. The topological polar surface area (TPSA) is 49.8 Å². The van der Waals surface area contributed by atoms with Crippen LogP contribution in [0.1, 0.15) is 35.6 Å². The van der Waals surface area contributed by atoms with Crippen molar-refractivity contribution in [1.82, 2.24) is 0 Å². The van der Waals surface area contributed by atoms with Crippen LogP contribution < -0.4 is 9.80 Å². The Kier molecular flexibility index (Phi) is 5.40. The molecule has 2 aromatic carbocycles. The van der Waals surface area contributed by atoms with E-state index in [1.165, 1.54) is 5.56 Å². The number of para-hydroxylation sites is 1. The average molecular weight is 313 g/mol. The number of rotatable bonds is 5. The number of hydrogen-bond donors (Lipinski definition) is 1. The van der Waals surface area contributed by atoms with Crippen molar-refractivity contribution in [2.45, 2.75) is 40.7 Å². The molecule has 0 atom stereocenters. The van der Waals surface area contributed by atoms with Gasteiger partial charge >= 0.3 is 0 Å². The standard InChI is InChI=1S/C19H23NO3/c1-5-18(21)20(22)19-14(3)7-6-8-16(19)12-23-17-10-9-13(2)11-15(17)4/h6-11,22H,5,12H2,1-4H3. The number of hydroxylamine groups is 1. The predicted molar refractivity (Wildman–Crippen MR) is 91.0 cm³/mol. The first-order chi connectivity index (χ1) is 10.9. The SMILES string of the molecule is CCC(=O)N(O)c1c(C)cccc1COc1ccc(C)cc1C. The average Bonchev–Trinajstić information content (AvgIpc) is 2.52. The number of aryl methyl sites for hydroxylation is 3. The number of anilines is 1. The number of ether oxygens (including phenoxy) is 1. The van der Waals surface area contributed by atoms with E-state index in [0.29, 0.717) is 5.69 Å². The van der Waals surface area contributed by atoms with Crippen LogP contribution in [0, 0.1) is 20.8 Å². The van der Waals surface area contributed by atoms with Crippen molar-refractivity contribution < 1.29 is 14.7 Å². The number of amides is 1. The van der Waals surface area contributed by atoms with Crippen molar-refractivity contribution in [3.63, 3.8) is 0 Å². The molecule has 0 saturated heterocycles. The molecule has 0 aliphatic carbocycles. The second-order valence-corrected chi connectivity index (χ2v) is 5.70. The molecule has 4 heteroatoms. The lowest BCUT2D eigenvalue weighted by Gasteiger charge is -2.21. The van der Waals surface area contributed by atoms with Gasteiger partial charge in [-0.05, 0) is 38.0 Å². The van der Waals surface area contributed by atoms with Crippen LogP contribution in [-0.4, -0.2) is 11.1 Å². The Bertz CT molecular complexity index is 710. The maximum Gasteiger partial charge on any atom is 0.250 e. The molecule has 0 spiro atoms. The molecule has 122 valence electrons. The summed E-state index contributed by atoms with van der Waals surface area (Å²) >= 11 is 0. The highest BCUT2D eigenvalue weighted by atomic mass is 16.5. The van der Waals surface area contributed by atoms with Gasteiger partial charge in [-0.3, -0.25) is 10.0 Å². The number of carbonyl (C=O) groups excluding carboxylic acids is 1. The van der Waals surface area contributed by atoms with Crippen LogP contribution in [0.4, 0.5) is 5.69 Å². The van der Waals surface area contributed by atoms with E-state index in [9.17, 15) is 10.0 Å². The van der Waals surface area contributed by atoms with E-state index in [0.717, 1.165) is 27.5 Å². The highest BCUT2D eigenvalue weighted by Crippen LogP contribution is 2.27. The van der Waals surface area contributed by atoms with E-state index in [1.807, 2.05) is 51.1 Å².